The van der Waals surface area contributed by atoms with E-state index >= 15 is 0 Å². The molecule has 4 nitrogen and oxygen atoms in total. The lowest BCUT2D eigenvalue weighted by molar-refractivity contribution is 0.577. The van der Waals surface area contributed by atoms with Gasteiger partial charge in [-0.3, -0.25) is 0 Å². The van der Waals surface area contributed by atoms with Crippen molar-refractivity contribution in [1.82, 2.24) is 3.23 Å². The molecule has 0 spiro atoms. The summed E-state index contributed by atoms with van der Waals surface area (Å²) in [6.07, 6.45) is 0. The lowest BCUT2D eigenvalue weighted by Gasteiger charge is -2.08. The van der Waals surface area contributed by atoms with Crippen molar-refractivity contribution < 1.29 is 12.6 Å². The topological polar surface area (TPSA) is 54.5 Å². The van der Waals surface area contributed by atoms with Crippen molar-refractivity contribution in [2.75, 3.05) is 0 Å². The fourth-order valence-electron chi connectivity index (χ4n) is 0.752. The summed E-state index contributed by atoms with van der Waals surface area (Å²) >= 11 is 5.26. The summed E-state index contributed by atoms with van der Waals surface area (Å²) in [6, 6.07) is 7.35. The number of hydrogen-bond donors (Lipinski definition) is 0. The normalized spacial score (nSPS) is 14.2. The minimum Gasteiger partial charge on any atom is -0.223 e. The van der Waals surface area contributed by atoms with Crippen LogP contribution in [0, 0.1) is 0 Å². The maximum atomic E-state index is 11.5. The molecule has 8 heteroatoms. The van der Waals surface area contributed by atoms with Crippen LogP contribution in [0.1, 0.15) is 0 Å². The standard InChI is InChI=1S/C6H5Cl2NO3S2/c7-9(13(8)10)14(11,12)6-4-2-1-3-5-6/h1-5H. The van der Waals surface area contributed by atoms with Crippen LogP contribution in [0.3, 0.4) is 0 Å². The van der Waals surface area contributed by atoms with E-state index in [4.69, 9.17) is 22.5 Å². The average Bonchev–Trinajstić information content (AvgIpc) is 2.18. The van der Waals surface area contributed by atoms with Gasteiger partial charge >= 0.3 is 0 Å². The second-order valence-electron chi connectivity index (χ2n) is 2.21. The van der Waals surface area contributed by atoms with Crippen LogP contribution in [-0.2, 0) is 20.2 Å². The highest BCUT2D eigenvalue weighted by Gasteiger charge is 2.26. The maximum absolute atomic E-state index is 11.5. The van der Waals surface area contributed by atoms with E-state index < -0.39 is 20.2 Å². The van der Waals surface area contributed by atoms with Gasteiger partial charge in [0.05, 0.1) is 4.90 Å². The lowest BCUT2D eigenvalue weighted by atomic mass is 10.4. The second-order valence-corrected chi connectivity index (χ2v) is 6.53. The molecule has 0 aliphatic rings. The van der Waals surface area contributed by atoms with Gasteiger partial charge in [-0.25, -0.2) is 12.6 Å². The molecule has 1 aromatic rings. The average molecular weight is 274 g/mol. The summed E-state index contributed by atoms with van der Waals surface area (Å²) in [4.78, 5) is -0.0657. The van der Waals surface area contributed by atoms with Gasteiger partial charge in [0.25, 0.3) is 10.0 Å². The van der Waals surface area contributed by atoms with Crippen LogP contribution in [0.15, 0.2) is 35.2 Å². The smallest absolute Gasteiger partial charge is 0.223 e. The zero-order valence-corrected chi connectivity index (χ0v) is 9.78. The monoisotopic (exact) mass is 273 g/mol. The molecule has 0 saturated heterocycles. The number of hydrogen-bond acceptors (Lipinski definition) is 3. The van der Waals surface area contributed by atoms with E-state index in [2.05, 4.69) is 0 Å². The van der Waals surface area contributed by atoms with Crippen LogP contribution < -0.4 is 0 Å². The van der Waals surface area contributed by atoms with Crippen LogP contribution in [0.5, 0.6) is 0 Å². The quantitative estimate of drug-likeness (QED) is 0.622. The van der Waals surface area contributed by atoms with Gasteiger partial charge in [0, 0.05) is 22.5 Å². The Bertz CT molecular complexity index is 434. The van der Waals surface area contributed by atoms with Crippen molar-refractivity contribution in [3.05, 3.63) is 30.3 Å². The van der Waals surface area contributed by atoms with Crippen molar-refractivity contribution in [2.24, 2.45) is 0 Å². The van der Waals surface area contributed by atoms with Gasteiger partial charge in [-0.1, -0.05) is 18.2 Å². The number of rotatable bonds is 3. The summed E-state index contributed by atoms with van der Waals surface area (Å²) in [6.45, 7) is 0. The molecule has 0 heterocycles. The van der Waals surface area contributed by atoms with E-state index in [1.54, 1.807) is 6.07 Å². The molecule has 0 aromatic heterocycles. The Morgan fingerprint density at radius 3 is 2.14 bits per heavy atom. The summed E-state index contributed by atoms with van der Waals surface area (Å²) in [7, 11) is -1.22. The Morgan fingerprint density at radius 1 is 1.21 bits per heavy atom. The van der Waals surface area contributed by atoms with Gasteiger partial charge in [-0.05, 0) is 15.4 Å². The van der Waals surface area contributed by atoms with Crippen molar-refractivity contribution in [3.8, 4) is 0 Å². The molecule has 78 valence electrons. The van der Waals surface area contributed by atoms with Crippen LogP contribution in [0.2, 0.25) is 0 Å². The number of sulfonamides is 1. The summed E-state index contributed by atoms with van der Waals surface area (Å²) in [5.41, 5.74) is 0. The van der Waals surface area contributed by atoms with Gasteiger partial charge in [0.1, 0.15) is 0 Å². The molecule has 1 rings (SSSR count). The van der Waals surface area contributed by atoms with Crippen molar-refractivity contribution in [1.29, 1.82) is 0 Å². The van der Waals surface area contributed by atoms with E-state index in [9.17, 15) is 12.6 Å². The number of nitrogens with zero attached hydrogens (tertiary/aromatic N) is 1. The molecule has 1 aromatic carbocycles. The third-order valence-electron chi connectivity index (χ3n) is 1.34. The molecule has 0 amide bonds. The molecule has 0 radical (unpaired) electrons. The first-order chi connectivity index (χ1) is 6.46. The number of halogens is 2. The third-order valence-corrected chi connectivity index (χ3v) is 5.60. The van der Waals surface area contributed by atoms with Crippen molar-refractivity contribution >= 4 is 42.7 Å². The summed E-state index contributed by atoms with van der Waals surface area (Å²) in [5, 5.41) is 0. The Balaban J connectivity index is 3.16. The van der Waals surface area contributed by atoms with Crippen molar-refractivity contribution in [2.45, 2.75) is 4.90 Å². The molecular formula is C6H5Cl2NO3S2. The fraction of sp³-hybridized carbons (Fsp3) is 0. The van der Waals surface area contributed by atoms with Gasteiger partial charge in [-0.15, -0.1) is 0 Å². The predicted octanol–water partition coefficient (Wildman–Crippen LogP) is 1.65. The second kappa shape index (κ2) is 4.59. The highest BCUT2D eigenvalue weighted by atomic mass is 35.7. The fourth-order valence-corrected chi connectivity index (χ4v) is 3.20. The van der Waals surface area contributed by atoms with Crippen LogP contribution >= 0.6 is 22.5 Å². The lowest BCUT2D eigenvalue weighted by Crippen LogP contribution is -2.21. The van der Waals surface area contributed by atoms with Crippen LogP contribution in [-0.4, -0.2) is 15.9 Å². The van der Waals surface area contributed by atoms with Crippen molar-refractivity contribution in [3.63, 3.8) is 0 Å². The van der Waals surface area contributed by atoms with Gasteiger partial charge in [-0.2, -0.15) is 0 Å². The first-order valence-corrected chi connectivity index (χ1v) is 7.01. The summed E-state index contributed by atoms with van der Waals surface area (Å²) < 4.78 is 33.7. The van der Waals surface area contributed by atoms with E-state index in [0.717, 1.165) is 0 Å². The number of benzene rings is 1. The molecule has 1 unspecified atom stereocenters. The molecule has 0 saturated carbocycles. The molecule has 0 aliphatic carbocycles. The van der Waals surface area contributed by atoms with E-state index in [1.807, 2.05) is 0 Å². The van der Waals surface area contributed by atoms with E-state index in [-0.39, 0.29) is 8.13 Å². The largest absolute Gasteiger partial charge is 0.269 e. The Morgan fingerprint density at radius 2 is 1.71 bits per heavy atom. The third kappa shape index (κ3) is 2.46. The Labute approximate surface area is 93.7 Å². The predicted molar refractivity (Wildman–Crippen MR) is 55.3 cm³/mol. The molecule has 1 atom stereocenters. The minimum absolute atomic E-state index is 0.0657. The first-order valence-electron chi connectivity index (χ1n) is 3.30. The SMILES string of the molecule is O=S(Cl)N(Cl)S(=O)(=O)c1ccccc1. The first kappa shape index (κ1) is 11.9. The highest BCUT2D eigenvalue weighted by molar-refractivity contribution is 8.15. The molecule has 0 fully saturated rings. The zero-order valence-electron chi connectivity index (χ0n) is 6.63. The Kier molecular flexibility index (Phi) is 3.91. The summed E-state index contributed by atoms with van der Waals surface area (Å²) in [5.74, 6) is 0. The van der Waals surface area contributed by atoms with E-state index in [0.29, 0.717) is 0 Å². The zero-order chi connectivity index (χ0) is 10.8. The molecule has 0 N–H and O–H groups in total. The molecule has 14 heavy (non-hydrogen) atoms. The highest BCUT2D eigenvalue weighted by Crippen LogP contribution is 2.20. The minimum atomic E-state index is -3.97. The Hall–Kier alpha value is -0.140. The maximum Gasteiger partial charge on any atom is 0.269 e. The van der Waals surface area contributed by atoms with Crippen LogP contribution in [0.4, 0.5) is 0 Å². The van der Waals surface area contributed by atoms with Crippen LogP contribution in [0.25, 0.3) is 0 Å². The molecule has 0 aliphatic heterocycles. The van der Waals surface area contributed by atoms with Gasteiger partial charge < -0.3 is 0 Å². The van der Waals surface area contributed by atoms with Gasteiger partial charge in [0.2, 0.25) is 10.2 Å². The van der Waals surface area contributed by atoms with Gasteiger partial charge in [0.15, 0.2) is 0 Å². The molecular weight excluding hydrogens is 269 g/mol. The molecule has 0 bridgehead atoms. The van der Waals surface area contributed by atoms with E-state index in [1.165, 1.54) is 24.3 Å².